The SMILES string of the molecule is CN1CCc2cc([C@@H](CNC(=O)CCc3ccccc3)N3CCOCC3)ccc21. The Bertz CT molecular complexity index is 818. The second-order valence-corrected chi connectivity index (χ2v) is 8.01. The summed E-state index contributed by atoms with van der Waals surface area (Å²) in [7, 11) is 2.15. The maximum Gasteiger partial charge on any atom is 0.220 e. The molecule has 0 spiro atoms. The number of likely N-dealkylation sites (N-methyl/N-ethyl adjacent to an activating group) is 1. The quantitative estimate of drug-likeness (QED) is 0.786. The van der Waals surface area contributed by atoms with Crippen molar-refractivity contribution < 1.29 is 9.53 Å². The molecule has 2 aliphatic heterocycles. The predicted octanol–water partition coefficient (Wildman–Crippen LogP) is 2.80. The van der Waals surface area contributed by atoms with E-state index in [1.807, 2.05) is 18.2 Å². The van der Waals surface area contributed by atoms with E-state index in [0.717, 1.165) is 45.7 Å². The van der Waals surface area contributed by atoms with Gasteiger partial charge in [-0.3, -0.25) is 9.69 Å². The number of nitrogens with zero attached hydrogens (tertiary/aromatic N) is 2. The highest BCUT2D eigenvalue weighted by molar-refractivity contribution is 5.76. The fraction of sp³-hybridized carbons (Fsp3) is 0.458. The summed E-state index contributed by atoms with van der Waals surface area (Å²) in [6.45, 7) is 5.04. The summed E-state index contributed by atoms with van der Waals surface area (Å²) in [5.41, 5.74) is 5.25. The van der Waals surface area contributed by atoms with Crippen LogP contribution in [0, 0.1) is 0 Å². The van der Waals surface area contributed by atoms with Gasteiger partial charge in [0.25, 0.3) is 0 Å². The van der Waals surface area contributed by atoms with Crippen molar-refractivity contribution in [1.29, 1.82) is 0 Å². The minimum absolute atomic E-state index is 0.119. The summed E-state index contributed by atoms with van der Waals surface area (Å²) in [6.07, 6.45) is 2.40. The first kappa shape index (κ1) is 19.9. The fourth-order valence-corrected chi connectivity index (χ4v) is 4.34. The maximum absolute atomic E-state index is 12.5. The van der Waals surface area contributed by atoms with Crippen LogP contribution in [0.1, 0.15) is 29.2 Å². The Hall–Kier alpha value is -2.37. The van der Waals surface area contributed by atoms with E-state index in [1.165, 1.54) is 22.4 Å². The molecule has 0 aromatic heterocycles. The van der Waals surface area contributed by atoms with Gasteiger partial charge >= 0.3 is 0 Å². The van der Waals surface area contributed by atoms with Crippen molar-refractivity contribution >= 4 is 11.6 Å². The number of carbonyl (C=O) groups excluding carboxylic acids is 1. The van der Waals surface area contributed by atoms with E-state index in [-0.39, 0.29) is 11.9 Å². The number of nitrogens with one attached hydrogen (secondary N) is 1. The first-order chi connectivity index (χ1) is 14.2. The number of anilines is 1. The Kier molecular flexibility index (Phi) is 6.47. The summed E-state index contributed by atoms with van der Waals surface area (Å²) >= 11 is 0. The fourth-order valence-electron chi connectivity index (χ4n) is 4.34. The summed E-state index contributed by atoms with van der Waals surface area (Å²) in [5, 5.41) is 3.19. The third-order valence-corrected chi connectivity index (χ3v) is 6.08. The maximum atomic E-state index is 12.5. The molecule has 0 unspecified atom stereocenters. The van der Waals surface area contributed by atoms with Gasteiger partial charge in [-0.2, -0.15) is 0 Å². The van der Waals surface area contributed by atoms with Crippen LogP contribution >= 0.6 is 0 Å². The van der Waals surface area contributed by atoms with Gasteiger partial charge in [-0.1, -0.05) is 42.5 Å². The topological polar surface area (TPSA) is 44.8 Å². The third kappa shape index (κ3) is 4.98. The van der Waals surface area contributed by atoms with E-state index >= 15 is 0 Å². The van der Waals surface area contributed by atoms with Crippen molar-refractivity contribution in [1.82, 2.24) is 10.2 Å². The van der Waals surface area contributed by atoms with E-state index in [4.69, 9.17) is 4.74 Å². The van der Waals surface area contributed by atoms with Crippen molar-refractivity contribution in [2.75, 3.05) is 51.3 Å². The molecule has 1 amide bonds. The Balaban J connectivity index is 1.41. The summed E-state index contributed by atoms with van der Waals surface area (Å²) in [6, 6.07) is 17.2. The number of aryl methyl sites for hydroxylation is 1. The normalized spacial score (nSPS) is 17.8. The molecule has 0 aliphatic carbocycles. The van der Waals surface area contributed by atoms with Crippen molar-refractivity contribution in [3.63, 3.8) is 0 Å². The highest BCUT2D eigenvalue weighted by Crippen LogP contribution is 2.31. The number of carbonyl (C=O) groups is 1. The van der Waals surface area contributed by atoms with Gasteiger partial charge in [-0.05, 0) is 35.6 Å². The Morgan fingerprint density at radius 3 is 2.69 bits per heavy atom. The van der Waals surface area contributed by atoms with Gasteiger partial charge in [0.1, 0.15) is 0 Å². The zero-order valence-electron chi connectivity index (χ0n) is 17.3. The predicted molar refractivity (Wildman–Crippen MR) is 116 cm³/mol. The number of fused-ring (bicyclic) bond motifs is 1. The molecule has 154 valence electrons. The van der Waals surface area contributed by atoms with Crippen LogP contribution in [-0.2, 0) is 22.4 Å². The molecule has 5 heteroatoms. The van der Waals surface area contributed by atoms with Crippen LogP contribution in [0.5, 0.6) is 0 Å². The summed E-state index contributed by atoms with van der Waals surface area (Å²) < 4.78 is 5.55. The Morgan fingerprint density at radius 1 is 1.10 bits per heavy atom. The molecule has 29 heavy (non-hydrogen) atoms. The molecule has 4 rings (SSSR count). The monoisotopic (exact) mass is 393 g/mol. The number of amides is 1. The van der Waals surface area contributed by atoms with Crippen molar-refractivity contribution in [2.45, 2.75) is 25.3 Å². The van der Waals surface area contributed by atoms with Crippen LogP contribution in [-0.4, -0.2) is 57.2 Å². The summed E-state index contributed by atoms with van der Waals surface area (Å²) in [4.78, 5) is 17.3. The lowest BCUT2D eigenvalue weighted by Gasteiger charge is -2.35. The lowest BCUT2D eigenvalue weighted by Crippen LogP contribution is -2.43. The van der Waals surface area contributed by atoms with Gasteiger partial charge in [-0.25, -0.2) is 0 Å². The lowest BCUT2D eigenvalue weighted by molar-refractivity contribution is -0.121. The van der Waals surface area contributed by atoms with Crippen LogP contribution in [0.2, 0.25) is 0 Å². The highest BCUT2D eigenvalue weighted by atomic mass is 16.5. The first-order valence-corrected chi connectivity index (χ1v) is 10.7. The smallest absolute Gasteiger partial charge is 0.220 e. The Labute approximate surface area is 173 Å². The second-order valence-electron chi connectivity index (χ2n) is 8.01. The average molecular weight is 394 g/mol. The molecular weight excluding hydrogens is 362 g/mol. The number of morpholine rings is 1. The standard InChI is InChI=1S/C24H31N3O2/c1-26-12-11-21-17-20(8-9-22(21)26)23(27-13-15-29-16-14-27)18-25-24(28)10-7-19-5-3-2-4-6-19/h2-6,8-9,17,23H,7,10-16,18H2,1H3,(H,25,28)/t23-/m1/s1. The number of hydrogen-bond acceptors (Lipinski definition) is 4. The zero-order chi connectivity index (χ0) is 20.1. The molecule has 1 N–H and O–H groups in total. The molecule has 2 aliphatic rings. The lowest BCUT2D eigenvalue weighted by atomic mass is 10.00. The van der Waals surface area contributed by atoms with Gasteiger partial charge in [0.05, 0.1) is 19.3 Å². The van der Waals surface area contributed by atoms with E-state index in [9.17, 15) is 4.79 Å². The molecule has 0 saturated carbocycles. The average Bonchev–Trinajstić information content (AvgIpc) is 3.14. The Morgan fingerprint density at radius 2 is 1.90 bits per heavy atom. The van der Waals surface area contributed by atoms with Crippen LogP contribution in [0.25, 0.3) is 0 Å². The number of ether oxygens (including phenoxy) is 1. The van der Waals surface area contributed by atoms with Gasteiger partial charge in [0, 0.05) is 45.3 Å². The zero-order valence-corrected chi connectivity index (χ0v) is 17.3. The van der Waals surface area contributed by atoms with Crippen molar-refractivity contribution in [2.24, 2.45) is 0 Å². The molecule has 0 bridgehead atoms. The van der Waals surface area contributed by atoms with Gasteiger partial charge in [-0.15, -0.1) is 0 Å². The van der Waals surface area contributed by atoms with Gasteiger partial charge in [0.15, 0.2) is 0 Å². The summed E-state index contributed by atoms with van der Waals surface area (Å²) in [5.74, 6) is 0.119. The van der Waals surface area contributed by atoms with E-state index in [2.05, 4.69) is 52.5 Å². The van der Waals surface area contributed by atoms with Crippen LogP contribution < -0.4 is 10.2 Å². The molecule has 1 atom stereocenters. The number of hydrogen-bond donors (Lipinski definition) is 1. The number of benzene rings is 2. The molecule has 2 aromatic rings. The minimum atomic E-state index is 0.119. The van der Waals surface area contributed by atoms with Crippen LogP contribution in [0.3, 0.4) is 0 Å². The molecule has 1 saturated heterocycles. The van der Waals surface area contributed by atoms with Crippen molar-refractivity contribution in [3.8, 4) is 0 Å². The molecule has 5 nitrogen and oxygen atoms in total. The first-order valence-electron chi connectivity index (χ1n) is 10.7. The van der Waals surface area contributed by atoms with Crippen LogP contribution in [0.15, 0.2) is 48.5 Å². The van der Waals surface area contributed by atoms with Gasteiger partial charge in [0.2, 0.25) is 5.91 Å². The largest absolute Gasteiger partial charge is 0.379 e. The third-order valence-electron chi connectivity index (χ3n) is 6.08. The molecule has 2 heterocycles. The highest BCUT2D eigenvalue weighted by Gasteiger charge is 2.25. The van der Waals surface area contributed by atoms with Gasteiger partial charge < -0.3 is 15.0 Å². The molecular formula is C24H31N3O2. The van der Waals surface area contributed by atoms with E-state index < -0.39 is 0 Å². The van der Waals surface area contributed by atoms with Crippen LogP contribution in [0.4, 0.5) is 5.69 Å². The minimum Gasteiger partial charge on any atom is -0.379 e. The van der Waals surface area contributed by atoms with Crippen molar-refractivity contribution in [3.05, 3.63) is 65.2 Å². The number of rotatable bonds is 7. The molecule has 0 radical (unpaired) electrons. The molecule has 2 aromatic carbocycles. The van der Waals surface area contributed by atoms with E-state index in [0.29, 0.717) is 13.0 Å². The molecule has 1 fully saturated rings. The second kappa shape index (κ2) is 9.42. The van der Waals surface area contributed by atoms with E-state index in [1.54, 1.807) is 0 Å².